The molecule has 0 bridgehead atoms. The third-order valence-electron chi connectivity index (χ3n) is 3.16. The van der Waals surface area contributed by atoms with E-state index in [4.69, 9.17) is 0 Å². The summed E-state index contributed by atoms with van der Waals surface area (Å²) >= 11 is 3.08. The van der Waals surface area contributed by atoms with E-state index in [-0.39, 0.29) is 10.2 Å². The number of hydrogen-bond acceptors (Lipinski definition) is 3. The van der Waals surface area contributed by atoms with Crippen molar-refractivity contribution in [2.75, 3.05) is 32.9 Å². The molecule has 0 saturated carbocycles. The number of piperazine rings is 1. The highest BCUT2D eigenvalue weighted by Crippen LogP contribution is 2.35. The number of halogens is 3. The Morgan fingerprint density at radius 1 is 1.39 bits per heavy atom. The molecule has 3 nitrogen and oxygen atoms in total. The number of rotatable bonds is 3. The number of alkyl halides is 1. The van der Waals surface area contributed by atoms with E-state index in [0.29, 0.717) is 18.7 Å². The number of aromatic hydroxyl groups is 1. The van der Waals surface area contributed by atoms with Crippen LogP contribution in [0.5, 0.6) is 5.75 Å². The molecule has 0 aliphatic carbocycles. The average Bonchev–Trinajstić information content (AvgIpc) is 2.37. The second kappa shape index (κ2) is 5.95. The first-order chi connectivity index (χ1) is 8.63. The van der Waals surface area contributed by atoms with Crippen LogP contribution < -0.4 is 5.32 Å². The molecule has 2 rings (SSSR count). The fourth-order valence-electron chi connectivity index (χ4n) is 2.21. The first-order valence-corrected chi connectivity index (χ1v) is 6.61. The maximum Gasteiger partial charge on any atom is 0.134 e. The molecule has 1 fully saturated rings. The quantitative estimate of drug-likeness (QED) is 0.896. The minimum absolute atomic E-state index is 0.0856. The van der Waals surface area contributed by atoms with Crippen LogP contribution in [0.4, 0.5) is 8.78 Å². The van der Waals surface area contributed by atoms with Crippen LogP contribution in [0.1, 0.15) is 11.6 Å². The molecule has 0 spiro atoms. The summed E-state index contributed by atoms with van der Waals surface area (Å²) in [6.07, 6.45) is 0. The summed E-state index contributed by atoms with van der Waals surface area (Å²) in [6, 6.07) is 1.78. The topological polar surface area (TPSA) is 35.5 Å². The van der Waals surface area contributed by atoms with E-state index in [0.717, 1.165) is 13.1 Å². The molecule has 1 aliphatic rings. The van der Waals surface area contributed by atoms with Gasteiger partial charge in [-0.15, -0.1) is 0 Å². The Kier molecular flexibility index (Phi) is 4.53. The minimum atomic E-state index is -0.649. The molecule has 0 amide bonds. The summed E-state index contributed by atoms with van der Waals surface area (Å²) in [5.74, 6) is -0.569. The second-order valence-corrected chi connectivity index (χ2v) is 5.14. The molecule has 1 atom stereocenters. The molecule has 100 valence electrons. The van der Waals surface area contributed by atoms with Gasteiger partial charge in [-0.05, 0) is 28.1 Å². The van der Waals surface area contributed by atoms with Crippen molar-refractivity contribution in [3.05, 3.63) is 28.0 Å². The lowest BCUT2D eigenvalue weighted by Crippen LogP contribution is -2.45. The van der Waals surface area contributed by atoms with Crippen LogP contribution in [0.25, 0.3) is 0 Å². The minimum Gasteiger partial charge on any atom is -0.506 e. The van der Waals surface area contributed by atoms with Crippen molar-refractivity contribution in [1.29, 1.82) is 0 Å². The number of hydrogen-bond donors (Lipinski definition) is 2. The number of nitrogens with zero attached hydrogens (tertiary/aromatic N) is 1. The molecule has 0 aromatic heterocycles. The summed E-state index contributed by atoms with van der Waals surface area (Å²) in [5.41, 5.74) is 0.297. The van der Waals surface area contributed by atoms with Gasteiger partial charge in [0.25, 0.3) is 0 Å². The van der Waals surface area contributed by atoms with Gasteiger partial charge < -0.3 is 10.4 Å². The van der Waals surface area contributed by atoms with Gasteiger partial charge in [0.1, 0.15) is 18.2 Å². The maximum absolute atomic E-state index is 13.4. The maximum atomic E-state index is 13.4. The van der Waals surface area contributed by atoms with Crippen LogP contribution in [0.15, 0.2) is 16.6 Å². The first-order valence-electron chi connectivity index (χ1n) is 5.82. The summed E-state index contributed by atoms with van der Waals surface area (Å²) in [4.78, 5) is 1.91. The summed E-state index contributed by atoms with van der Waals surface area (Å²) in [5, 5.41) is 13.1. The lowest BCUT2D eigenvalue weighted by atomic mass is 10.0. The Labute approximate surface area is 113 Å². The molecule has 1 heterocycles. The Hall–Kier alpha value is -0.720. The van der Waals surface area contributed by atoms with Crippen LogP contribution >= 0.6 is 15.9 Å². The fourth-order valence-corrected chi connectivity index (χ4v) is 2.66. The van der Waals surface area contributed by atoms with Crippen LogP contribution in [-0.4, -0.2) is 42.9 Å². The van der Waals surface area contributed by atoms with E-state index in [1.165, 1.54) is 12.1 Å². The third-order valence-corrected chi connectivity index (χ3v) is 3.76. The van der Waals surface area contributed by atoms with Crippen LogP contribution in [-0.2, 0) is 0 Å². The normalized spacial score (nSPS) is 18.8. The zero-order valence-electron chi connectivity index (χ0n) is 9.80. The highest BCUT2D eigenvalue weighted by molar-refractivity contribution is 9.10. The number of phenolic OH excluding ortho intramolecular Hbond substituents is 1. The van der Waals surface area contributed by atoms with Crippen molar-refractivity contribution in [3.8, 4) is 5.75 Å². The van der Waals surface area contributed by atoms with Crippen LogP contribution in [0.3, 0.4) is 0 Å². The van der Waals surface area contributed by atoms with Crippen LogP contribution in [0, 0.1) is 5.82 Å². The van der Waals surface area contributed by atoms with Gasteiger partial charge in [-0.3, -0.25) is 4.90 Å². The van der Waals surface area contributed by atoms with Gasteiger partial charge in [0, 0.05) is 31.7 Å². The SMILES string of the molecule is Oc1c(Br)cc(F)cc1[C@@H](CF)N1CCNCC1. The predicted octanol–water partition coefficient (Wildman–Crippen LogP) is 2.21. The molecule has 1 aromatic carbocycles. The molecule has 0 radical (unpaired) electrons. The van der Waals surface area contributed by atoms with Gasteiger partial charge in [-0.1, -0.05) is 0 Å². The number of benzene rings is 1. The van der Waals surface area contributed by atoms with E-state index in [9.17, 15) is 13.9 Å². The standard InChI is InChI=1S/C12H15BrF2N2O/c13-10-6-8(15)5-9(12(10)18)11(7-14)17-3-1-16-2-4-17/h5-6,11,16,18H,1-4,7H2/t11-/m1/s1. The molecular formula is C12H15BrF2N2O. The predicted molar refractivity (Wildman–Crippen MR) is 68.9 cm³/mol. The lowest BCUT2D eigenvalue weighted by molar-refractivity contribution is 0.145. The highest BCUT2D eigenvalue weighted by Gasteiger charge is 2.25. The third kappa shape index (κ3) is 2.81. The average molecular weight is 321 g/mol. The zero-order valence-corrected chi connectivity index (χ0v) is 11.4. The van der Waals surface area contributed by atoms with Gasteiger partial charge in [0.15, 0.2) is 0 Å². The Morgan fingerprint density at radius 2 is 2.06 bits per heavy atom. The van der Waals surface area contributed by atoms with Gasteiger partial charge >= 0.3 is 0 Å². The Morgan fingerprint density at radius 3 is 2.67 bits per heavy atom. The van der Waals surface area contributed by atoms with E-state index in [1.54, 1.807) is 0 Å². The van der Waals surface area contributed by atoms with Crippen molar-refractivity contribution in [2.24, 2.45) is 0 Å². The molecular weight excluding hydrogens is 306 g/mol. The van der Waals surface area contributed by atoms with E-state index < -0.39 is 18.5 Å². The number of nitrogens with one attached hydrogen (secondary N) is 1. The van der Waals surface area contributed by atoms with Crippen molar-refractivity contribution in [1.82, 2.24) is 10.2 Å². The monoisotopic (exact) mass is 320 g/mol. The summed E-state index contributed by atoms with van der Waals surface area (Å²) < 4.78 is 26.9. The van der Waals surface area contributed by atoms with Gasteiger partial charge in [0.05, 0.1) is 10.5 Å². The van der Waals surface area contributed by atoms with Crippen LogP contribution in [0.2, 0.25) is 0 Å². The highest BCUT2D eigenvalue weighted by atomic mass is 79.9. The molecule has 6 heteroatoms. The van der Waals surface area contributed by atoms with Gasteiger partial charge in [0.2, 0.25) is 0 Å². The van der Waals surface area contributed by atoms with Crippen molar-refractivity contribution in [3.63, 3.8) is 0 Å². The van der Waals surface area contributed by atoms with Crippen molar-refractivity contribution < 1.29 is 13.9 Å². The molecule has 0 unspecified atom stereocenters. The van der Waals surface area contributed by atoms with Gasteiger partial charge in [-0.2, -0.15) is 0 Å². The largest absolute Gasteiger partial charge is 0.506 e. The van der Waals surface area contributed by atoms with E-state index in [1.807, 2.05) is 4.90 Å². The first kappa shape index (κ1) is 13.7. The van der Waals surface area contributed by atoms with E-state index in [2.05, 4.69) is 21.2 Å². The molecule has 18 heavy (non-hydrogen) atoms. The van der Waals surface area contributed by atoms with Crippen molar-refractivity contribution in [2.45, 2.75) is 6.04 Å². The summed E-state index contributed by atoms with van der Waals surface area (Å²) in [7, 11) is 0. The zero-order chi connectivity index (χ0) is 13.1. The smallest absolute Gasteiger partial charge is 0.134 e. The lowest BCUT2D eigenvalue weighted by Gasteiger charge is -2.34. The molecule has 1 aliphatic heterocycles. The fraction of sp³-hybridized carbons (Fsp3) is 0.500. The molecule has 2 N–H and O–H groups in total. The van der Waals surface area contributed by atoms with E-state index >= 15 is 0 Å². The van der Waals surface area contributed by atoms with Crippen molar-refractivity contribution >= 4 is 15.9 Å². The number of phenols is 1. The Balaban J connectivity index is 2.31. The second-order valence-electron chi connectivity index (χ2n) is 4.28. The van der Waals surface area contributed by atoms with Gasteiger partial charge in [-0.25, -0.2) is 8.78 Å². The Bertz CT molecular complexity index is 425. The molecule has 1 saturated heterocycles. The molecule has 1 aromatic rings. The summed E-state index contributed by atoms with van der Waals surface area (Å²) in [6.45, 7) is 2.26.